The van der Waals surface area contributed by atoms with Crippen molar-refractivity contribution in [1.29, 1.82) is 0 Å². The third kappa shape index (κ3) is 3.27. The molecular weight excluding hydrogens is 297 g/mol. The van der Waals surface area contributed by atoms with Gasteiger partial charge in [0.05, 0.1) is 0 Å². The molecule has 1 rings (SSSR count). The van der Waals surface area contributed by atoms with Gasteiger partial charge in [-0.1, -0.05) is 38.7 Å². The lowest BCUT2D eigenvalue weighted by atomic mass is 10.2. The average Bonchev–Trinajstić information content (AvgIpc) is 2.20. The molecule has 0 aliphatic heterocycles. The summed E-state index contributed by atoms with van der Waals surface area (Å²) in [5.74, 6) is -1.29. The van der Waals surface area contributed by atoms with Crippen LogP contribution in [0.1, 0.15) is 5.56 Å². The molecule has 16 heavy (non-hydrogen) atoms. The lowest BCUT2D eigenvalue weighted by Crippen LogP contribution is -1.96. The molecule has 0 radical (unpaired) electrons. The van der Waals surface area contributed by atoms with Crippen LogP contribution >= 0.6 is 27.5 Å². The van der Waals surface area contributed by atoms with Crippen LogP contribution in [0.25, 0.3) is 16.5 Å². The van der Waals surface area contributed by atoms with Crippen molar-refractivity contribution in [2.24, 2.45) is 5.11 Å². The van der Waals surface area contributed by atoms with Gasteiger partial charge in [0.15, 0.2) is 0 Å². The zero-order valence-corrected chi connectivity index (χ0v) is 10.1. The lowest BCUT2D eigenvalue weighted by Gasteiger charge is -2.00. The molecule has 0 saturated carbocycles. The summed E-state index contributed by atoms with van der Waals surface area (Å²) in [6.45, 7) is 0. The number of halogens is 2. The molecule has 0 saturated heterocycles. The maximum absolute atomic E-state index is 10.7. The first-order valence-electron chi connectivity index (χ1n) is 3.99. The summed E-state index contributed by atoms with van der Waals surface area (Å²) in [5.41, 5.74) is 8.38. The molecule has 1 aromatic carbocycles. The highest BCUT2D eigenvalue weighted by Gasteiger charge is 2.06. The molecule has 1 aromatic rings. The van der Waals surface area contributed by atoms with Gasteiger partial charge in [-0.05, 0) is 29.3 Å². The van der Waals surface area contributed by atoms with Crippen molar-refractivity contribution < 1.29 is 9.90 Å². The molecule has 7 heteroatoms. The van der Waals surface area contributed by atoms with Gasteiger partial charge in [-0.15, -0.1) is 0 Å². The first-order valence-corrected chi connectivity index (χ1v) is 5.17. The molecule has 5 nitrogen and oxygen atoms in total. The molecule has 82 valence electrons. The highest BCUT2D eigenvalue weighted by atomic mass is 79.9. The van der Waals surface area contributed by atoms with Crippen LogP contribution in [0.4, 0.5) is 0 Å². The number of carbonyl (C=O) groups is 1. The second-order valence-electron chi connectivity index (χ2n) is 2.69. The van der Waals surface area contributed by atoms with Crippen LogP contribution in [0.3, 0.4) is 0 Å². The zero-order chi connectivity index (χ0) is 12.1. The summed E-state index contributed by atoms with van der Waals surface area (Å²) in [5, 5.41) is 12.3. The molecular formula is C9H5BrClN3O2. The Bertz CT molecular complexity index is 505. The highest BCUT2D eigenvalue weighted by molar-refractivity contribution is 9.10. The topological polar surface area (TPSA) is 86.1 Å². The molecule has 0 atom stereocenters. The summed E-state index contributed by atoms with van der Waals surface area (Å²) < 4.78 is 0.617. The SMILES string of the molecule is [N-]=[N+]=N/C(=C/c1ccc(Cl)cc1Br)C(=O)O. The second-order valence-corrected chi connectivity index (χ2v) is 3.98. The van der Waals surface area contributed by atoms with Gasteiger partial charge in [0.2, 0.25) is 0 Å². The molecule has 0 unspecified atom stereocenters. The maximum Gasteiger partial charge on any atom is 0.338 e. The van der Waals surface area contributed by atoms with E-state index in [0.29, 0.717) is 15.1 Å². The van der Waals surface area contributed by atoms with E-state index in [4.69, 9.17) is 22.2 Å². The van der Waals surface area contributed by atoms with Crippen LogP contribution in [0.15, 0.2) is 33.5 Å². The van der Waals surface area contributed by atoms with Crippen molar-refractivity contribution in [3.63, 3.8) is 0 Å². The fraction of sp³-hybridized carbons (Fsp3) is 0. The lowest BCUT2D eigenvalue weighted by molar-refractivity contribution is -0.132. The summed E-state index contributed by atoms with van der Waals surface area (Å²) >= 11 is 8.95. The molecule has 1 N–H and O–H groups in total. The van der Waals surface area contributed by atoms with Gasteiger partial charge in [0, 0.05) is 14.4 Å². The van der Waals surface area contributed by atoms with E-state index in [1.54, 1.807) is 18.2 Å². The summed E-state index contributed by atoms with van der Waals surface area (Å²) in [7, 11) is 0. The smallest absolute Gasteiger partial charge is 0.338 e. The van der Waals surface area contributed by atoms with E-state index in [-0.39, 0.29) is 5.70 Å². The van der Waals surface area contributed by atoms with Crippen LogP contribution in [0, 0.1) is 0 Å². The third-order valence-corrected chi connectivity index (χ3v) is 2.55. The van der Waals surface area contributed by atoms with E-state index in [9.17, 15) is 4.79 Å². The average molecular weight is 303 g/mol. The van der Waals surface area contributed by atoms with Crippen molar-refractivity contribution >= 4 is 39.6 Å². The number of hydrogen-bond donors (Lipinski definition) is 1. The molecule has 0 amide bonds. The summed E-state index contributed by atoms with van der Waals surface area (Å²) in [4.78, 5) is 13.1. The number of nitrogens with zero attached hydrogens (tertiary/aromatic N) is 3. The molecule has 0 bridgehead atoms. The summed E-state index contributed by atoms with van der Waals surface area (Å²) in [6, 6.07) is 4.83. The van der Waals surface area contributed by atoms with Gasteiger partial charge >= 0.3 is 5.97 Å². The first-order chi connectivity index (χ1) is 7.54. The van der Waals surface area contributed by atoms with E-state index in [1.807, 2.05) is 0 Å². The van der Waals surface area contributed by atoms with Crippen LogP contribution in [-0.2, 0) is 4.79 Å². The minimum atomic E-state index is -1.29. The molecule has 0 aliphatic rings. The van der Waals surface area contributed by atoms with Crippen molar-refractivity contribution in [2.75, 3.05) is 0 Å². The Morgan fingerprint density at radius 3 is 2.81 bits per heavy atom. The maximum atomic E-state index is 10.7. The predicted octanol–water partition coefficient (Wildman–Crippen LogP) is 3.84. The number of rotatable bonds is 3. The largest absolute Gasteiger partial charge is 0.478 e. The number of azide groups is 1. The Hall–Kier alpha value is -1.49. The Balaban J connectivity index is 3.23. The second kappa shape index (κ2) is 5.55. The van der Waals surface area contributed by atoms with E-state index < -0.39 is 5.97 Å². The van der Waals surface area contributed by atoms with E-state index in [0.717, 1.165) is 0 Å². The van der Waals surface area contributed by atoms with Crippen LogP contribution in [0.2, 0.25) is 5.02 Å². The van der Waals surface area contributed by atoms with Gasteiger partial charge in [0.1, 0.15) is 5.70 Å². The monoisotopic (exact) mass is 301 g/mol. The highest BCUT2D eigenvalue weighted by Crippen LogP contribution is 2.23. The van der Waals surface area contributed by atoms with Crippen LogP contribution in [0.5, 0.6) is 0 Å². The van der Waals surface area contributed by atoms with Crippen molar-refractivity contribution in [1.82, 2.24) is 0 Å². The van der Waals surface area contributed by atoms with Gasteiger partial charge in [-0.3, -0.25) is 0 Å². The van der Waals surface area contributed by atoms with Crippen molar-refractivity contribution in [2.45, 2.75) is 0 Å². The Labute approximate surface area is 104 Å². The predicted molar refractivity (Wildman–Crippen MR) is 63.9 cm³/mol. The fourth-order valence-corrected chi connectivity index (χ4v) is 1.74. The summed E-state index contributed by atoms with van der Waals surface area (Å²) in [6.07, 6.45) is 1.25. The zero-order valence-electron chi connectivity index (χ0n) is 7.76. The molecule has 0 spiro atoms. The van der Waals surface area contributed by atoms with E-state index in [1.165, 1.54) is 6.08 Å². The van der Waals surface area contributed by atoms with Gasteiger partial charge in [-0.25, -0.2) is 4.79 Å². The minimum Gasteiger partial charge on any atom is -0.478 e. The normalized spacial score (nSPS) is 10.8. The van der Waals surface area contributed by atoms with Crippen molar-refractivity contribution in [3.8, 4) is 0 Å². The van der Waals surface area contributed by atoms with E-state index in [2.05, 4.69) is 26.0 Å². The van der Waals surface area contributed by atoms with Gasteiger partial charge in [-0.2, -0.15) is 0 Å². The third-order valence-electron chi connectivity index (χ3n) is 1.63. The number of aliphatic carboxylic acids is 1. The van der Waals surface area contributed by atoms with Gasteiger partial charge < -0.3 is 5.11 Å². The molecule has 0 heterocycles. The Kier molecular flexibility index (Phi) is 4.37. The molecule has 0 aromatic heterocycles. The number of benzene rings is 1. The number of carboxylic acid groups (broad SMARTS) is 1. The molecule has 0 fully saturated rings. The number of carboxylic acids is 1. The van der Waals surface area contributed by atoms with Crippen LogP contribution < -0.4 is 0 Å². The Morgan fingerprint density at radius 2 is 2.31 bits per heavy atom. The number of hydrogen-bond acceptors (Lipinski definition) is 2. The van der Waals surface area contributed by atoms with E-state index >= 15 is 0 Å². The standard InChI is InChI=1S/C9H5BrClN3O2/c10-7-4-6(11)2-1-5(7)3-8(9(15)16)13-14-12/h1-4H,(H,15,16)/b8-3+. The first kappa shape index (κ1) is 12.6. The Morgan fingerprint density at radius 1 is 1.62 bits per heavy atom. The fourth-order valence-electron chi connectivity index (χ4n) is 0.947. The van der Waals surface area contributed by atoms with Crippen molar-refractivity contribution in [3.05, 3.63) is 49.4 Å². The molecule has 0 aliphatic carbocycles. The minimum absolute atomic E-state index is 0.384. The quantitative estimate of drug-likeness (QED) is 0.398. The van der Waals surface area contributed by atoms with Crippen LogP contribution in [-0.4, -0.2) is 11.1 Å². The van der Waals surface area contributed by atoms with Gasteiger partial charge in [0.25, 0.3) is 0 Å².